The van der Waals surface area contributed by atoms with Crippen molar-refractivity contribution in [3.8, 4) is 11.5 Å². The number of hydrogen-bond donors (Lipinski definition) is 4. The van der Waals surface area contributed by atoms with E-state index in [-0.39, 0.29) is 23.3 Å². The second-order valence-corrected chi connectivity index (χ2v) is 5.98. The minimum absolute atomic E-state index is 0.0565. The summed E-state index contributed by atoms with van der Waals surface area (Å²) in [6.45, 7) is 3.55. The standard InChI is InChI=1S/C20H22N4O4/c1-13(25)23-17-3-5-19(27)15(9-17)11-21-7-8-22-12-16-10-18(24-14(2)26)4-6-20(16)28/h3-6,9-12,27-28H,7-8H2,1-2H3,(H,23,25)(H,24,26)/b21-11+,22-12+. The molecule has 0 aliphatic carbocycles. The van der Waals surface area contributed by atoms with Crippen molar-refractivity contribution in [3.05, 3.63) is 47.5 Å². The smallest absolute Gasteiger partial charge is 0.221 e. The van der Waals surface area contributed by atoms with Crippen LogP contribution in [0.2, 0.25) is 0 Å². The van der Waals surface area contributed by atoms with Crippen LogP contribution in [0.5, 0.6) is 11.5 Å². The number of carbonyl (C=O) groups excluding carboxylic acids is 2. The van der Waals surface area contributed by atoms with Crippen LogP contribution in [0.25, 0.3) is 0 Å². The normalized spacial score (nSPS) is 11.1. The zero-order valence-corrected chi connectivity index (χ0v) is 15.6. The highest BCUT2D eigenvalue weighted by molar-refractivity contribution is 5.92. The molecular formula is C20H22N4O4. The Morgan fingerprint density at radius 1 is 0.821 bits per heavy atom. The zero-order chi connectivity index (χ0) is 20.5. The van der Waals surface area contributed by atoms with Gasteiger partial charge in [0.1, 0.15) is 11.5 Å². The molecule has 0 fully saturated rings. The Hall–Kier alpha value is -3.68. The summed E-state index contributed by atoms with van der Waals surface area (Å²) in [6, 6.07) is 9.40. The monoisotopic (exact) mass is 382 g/mol. The molecule has 0 heterocycles. The predicted molar refractivity (Wildman–Crippen MR) is 110 cm³/mol. The van der Waals surface area contributed by atoms with E-state index in [0.717, 1.165) is 0 Å². The van der Waals surface area contributed by atoms with Crippen LogP contribution < -0.4 is 10.6 Å². The van der Waals surface area contributed by atoms with Crippen molar-refractivity contribution < 1.29 is 19.8 Å². The molecule has 2 aromatic carbocycles. The van der Waals surface area contributed by atoms with Gasteiger partial charge in [-0.2, -0.15) is 0 Å². The Bertz CT molecular complexity index is 847. The van der Waals surface area contributed by atoms with Crippen molar-refractivity contribution in [1.82, 2.24) is 0 Å². The number of phenols is 2. The van der Waals surface area contributed by atoms with Crippen LogP contribution in [0.1, 0.15) is 25.0 Å². The average Bonchev–Trinajstić information content (AvgIpc) is 2.62. The molecule has 8 heteroatoms. The number of nitrogens with zero attached hydrogens (tertiary/aromatic N) is 2. The SMILES string of the molecule is CC(=O)Nc1ccc(O)c(/C=N/CC/N=C/c2cc(NC(C)=O)ccc2O)c1. The molecule has 0 unspecified atom stereocenters. The first-order valence-corrected chi connectivity index (χ1v) is 8.56. The van der Waals surface area contributed by atoms with Crippen molar-refractivity contribution >= 4 is 35.6 Å². The van der Waals surface area contributed by atoms with E-state index < -0.39 is 0 Å². The van der Waals surface area contributed by atoms with Gasteiger partial charge >= 0.3 is 0 Å². The van der Waals surface area contributed by atoms with Crippen molar-refractivity contribution in [2.75, 3.05) is 23.7 Å². The van der Waals surface area contributed by atoms with Gasteiger partial charge in [-0.25, -0.2) is 0 Å². The Labute approximate surface area is 162 Å². The van der Waals surface area contributed by atoms with Crippen LogP contribution in [0.3, 0.4) is 0 Å². The topological polar surface area (TPSA) is 123 Å². The number of phenolic OH excluding ortho intramolecular Hbond substituents is 2. The summed E-state index contributed by atoms with van der Waals surface area (Å²) in [6.07, 6.45) is 3.01. The van der Waals surface area contributed by atoms with Crippen LogP contribution in [-0.2, 0) is 9.59 Å². The third-order valence-corrected chi connectivity index (χ3v) is 3.51. The van der Waals surface area contributed by atoms with E-state index in [2.05, 4.69) is 20.6 Å². The predicted octanol–water partition coefficient (Wildman–Crippen LogP) is 2.55. The molecule has 0 saturated heterocycles. The average molecular weight is 382 g/mol. The molecule has 0 spiro atoms. The highest BCUT2D eigenvalue weighted by Gasteiger charge is 2.03. The minimum atomic E-state index is -0.200. The highest BCUT2D eigenvalue weighted by Crippen LogP contribution is 2.20. The fourth-order valence-corrected chi connectivity index (χ4v) is 2.32. The molecular weight excluding hydrogens is 360 g/mol. The zero-order valence-electron chi connectivity index (χ0n) is 15.6. The maximum absolute atomic E-state index is 11.1. The van der Waals surface area contributed by atoms with Gasteiger partial charge < -0.3 is 20.8 Å². The number of rotatable bonds is 7. The fourth-order valence-electron chi connectivity index (χ4n) is 2.32. The number of nitrogens with one attached hydrogen (secondary N) is 2. The van der Waals surface area contributed by atoms with Gasteiger partial charge in [-0.1, -0.05) is 0 Å². The molecule has 0 aliphatic rings. The Morgan fingerprint density at radius 3 is 1.57 bits per heavy atom. The number of amides is 2. The number of carbonyl (C=O) groups is 2. The molecule has 0 aromatic heterocycles. The Balaban J connectivity index is 1.94. The van der Waals surface area contributed by atoms with Gasteiger partial charge in [-0.3, -0.25) is 19.6 Å². The van der Waals surface area contributed by atoms with E-state index >= 15 is 0 Å². The van der Waals surface area contributed by atoms with Crippen LogP contribution >= 0.6 is 0 Å². The van der Waals surface area contributed by atoms with Crippen molar-refractivity contribution in [3.63, 3.8) is 0 Å². The summed E-state index contributed by atoms with van der Waals surface area (Å²) >= 11 is 0. The van der Waals surface area contributed by atoms with E-state index in [0.29, 0.717) is 35.6 Å². The van der Waals surface area contributed by atoms with E-state index in [1.165, 1.54) is 38.4 Å². The highest BCUT2D eigenvalue weighted by atomic mass is 16.3. The Morgan fingerprint density at radius 2 is 1.21 bits per heavy atom. The number of aliphatic imine (C=N–C) groups is 2. The number of anilines is 2. The molecule has 146 valence electrons. The number of aromatic hydroxyl groups is 2. The van der Waals surface area contributed by atoms with Crippen molar-refractivity contribution in [2.45, 2.75) is 13.8 Å². The molecule has 4 N–H and O–H groups in total. The first-order valence-electron chi connectivity index (χ1n) is 8.56. The first kappa shape index (κ1) is 20.6. The fraction of sp³-hybridized carbons (Fsp3) is 0.200. The molecule has 2 amide bonds. The summed E-state index contributed by atoms with van der Waals surface area (Å²) in [7, 11) is 0. The van der Waals surface area contributed by atoms with E-state index in [4.69, 9.17) is 0 Å². The lowest BCUT2D eigenvalue weighted by Crippen LogP contribution is -2.06. The van der Waals surface area contributed by atoms with Gasteiger partial charge in [-0.15, -0.1) is 0 Å². The quantitative estimate of drug-likeness (QED) is 0.334. The minimum Gasteiger partial charge on any atom is -0.507 e. The lowest BCUT2D eigenvalue weighted by atomic mass is 10.2. The van der Waals surface area contributed by atoms with Crippen LogP contribution in [-0.4, -0.2) is 47.5 Å². The second-order valence-electron chi connectivity index (χ2n) is 5.98. The third-order valence-electron chi connectivity index (χ3n) is 3.51. The molecule has 0 radical (unpaired) electrons. The maximum Gasteiger partial charge on any atom is 0.221 e. The van der Waals surface area contributed by atoms with Crippen LogP contribution in [0, 0.1) is 0 Å². The first-order chi connectivity index (χ1) is 13.3. The molecule has 0 bridgehead atoms. The van der Waals surface area contributed by atoms with Crippen LogP contribution in [0.4, 0.5) is 11.4 Å². The second kappa shape index (κ2) is 9.86. The lowest BCUT2D eigenvalue weighted by Gasteiger charge is -2.05. The van der Waals surface area contributed by atoms with Crippen molar-refractivity contribution in [2.24, 2.45) is 9.98 Å². The summed E-state index contributed by atoms with van der Waals surface area (Å²) in [5.74, 6) is -0.287. The van der Waals surface area contributed by atoms with Gasteiger partial charge in [0.05, 0.1) is 13.1 Å². The number of benzene rings is 2. The largest absolute Gasteiger partial charge is 0.507 e. The summed E-state index contributed by atoms with van der Waals surface area (Å²) < 4.78 is 0. The molecule has 8 nitrogen and oxygen atoms in total. The van der Waals surface area contributed by atoms with Gasteiger partial charge in [-0.05, 0) is 36.4 Å². The molecule has 28 heavy (non-hydrogen) atoms. The molecule has 2 aromatic rings. The van der Waals surface area contributed by atoms with Crippen molar-refractivity contribution in [1.29, 1.82) is 0 Å². The van der Waals surface area contributed by atoms with E-state index in [1.807, 2.05) is 0 Å². The molecule has 0 atom stereocenters. The maximum atomic E-state index is 11.1. The van der Waals surface area contributed by atoms with Gasteiger partial charge in [0, 0.05) is 48.8 Å². The summed E-state index contributed by atoms with van der Waals surface area (Å²) in [5.41, 5.74) is 2.10. The van der Waals surface area contributed by atoms with Gasteiger partial charge in [0.2, 0.25) is 11.8 Å². The van der Waals surface area contributed by atoms with Crippen LogP contribution in [0.15, 0.2) is 46.4 Å². The van der Waals surface area contributed by atoms with E-state index in [1.54, 1.807) is 24.3 Å². The van der Waals surface area contributed by atoms with Gasteiger partial charge in [0.15, 0.2) is 0 Å². The summed E-state index contributed by atoms with van der Waals surface area (Å²) in [5, 5.41) is 25.0. The lowest BCUT2D eigenvalue weighted by molar-refractivity contribution is -0.115. The van der Waals surface area contributed by atoms with Gasteiger partial charge in [0.25, 0.3) is 0 Å². The number of hydrogen-bond acceptors (Lipinski definition) is 6. The molecule has 0 saturated carbocycles. The van der Waals surface area contributed by atoms with E-state index in [9.17, 15) is 19.8 Å². The third kappa shape index (κ3) is 6.56. The Kier molecular flexibility index (Phi) is 7.27. The molecule has 0 aliphatic heterocycles. The molecule has 2 rings (SSSR count). The summed E-state index contributed by atoms with van der Waals surface area (Å²) in [4.78, 5) is 30.6.